The number of benzene rings is 1. The summed E-state index contributed by atoms with van der Waals surface area (Å²) in [6.45, 7) is 9.33. The van der Waals surface area contributed by atoms with Crippen molar-refractivity contribution in [3.05, 3.63) is 29.0 Å². The molecule has 0 unspecified atom stereocenters. The first-order chi connectivity index (χ1) is 14.3. The van der Waals surface area contributed by atoms with Crippen LogP contribution in [0.25, 0.3) is 11.0 Å². The van der Waals surface area contributed by atoms with Gasteiger partial charge in [-0.2, -0.15) is 0 Å². The zero-order chi connectivity index (χ0) is 21.7. The van der Waals surface area contributed by atoms with E-state index in [1.807, 2.05) is 25.7 Å². The predicted molar refractivity (Wildman–Crippen MR) is 117 cm³/mol. The molecule has 166 valence electrons. The van der Waals surface area contributed by atoms with Crippen molar-refractivity contribution in [2.24, 2.45) is 5.92 Å². The van der Waals surface area contributed by atoms with Gasteiger partial charge in [0.05, 0.1) is 12.3 Å². The van der Waals surface area contributed by atoms with Gasteiger partial charge in [0.25, 0.3) is 0 Å². The van der Waals surface area contributed by atoms with Gasteiger partial charge < -0.3 is 19.3 Å². The second-order valence-corrected chi connectivity index (χ2v) is 9.42. The molecule has 30 heavy (non-hydrogen) atoms. The van der Waals surface area contributed by atoms with Gasteiger partial charge in [-0.25, -0.2) is 4.79 Å². The summed E-state index contributed by atoms with van der Waals surface area (Å²) in [6, 6.07) is 4.21. The van der Waals surface area contributed by atoms with E-state index >= 15 is 0 Å². The van der Waals surface area contributed by atoms with Gasteiger partial charge >= 0.3 is 6.09 Å². The minimum absolute atomic E-state index is 0.0197. The van der Waals surface area contributed by atoms with E-state index < -0.39 is 5.60 Å². The second-order valence-electron chi connectivity index (χ2n) is 9.42. The Hall–Kier alpha value is -2.08. The highest BCUT2D eigenvalue weighted by Gasteiger charge is 2.27. The maximum Gasteiger partial charge on any atom is 0.410 e. The number of aryl methyl sites for hydroxylation is 2. The summed E-state index contributed by atoms with van der Waals surface area (Å²) < 4.78 is 11.1. The van der Waals surface area contributed by atoms with Crippen molar-refractivity contribution in [1.29, 1.82) is 0 Å². The number of carbonyl (C=O) groups excluding carboxylic acids is 1. The number of amides is 1. The van der Waals surface area contributed by atoms with Crippen LogP contribution in [0.5, 0.6) is 0 Å². The lowest BCUT2D eigenvalue weighted by molar-refractivity contribution is 0.0181. The molecule has 1 amide bonds. The Bertz CT molecular complexity index is 845. The Balaban J connectivity index is 1.57. The van der Waals surface area contributed by atoms with E-state index in [1.165, 1.54) is 0 Å². The van der Waals surface area contributed by atoms with Gasteiger partial charge in [-0.3, -0.25) is 0 Å². The van der Waals surface area contributed by atoms with E-state index in [2.05, 4.69) is 24.2 Å². The number of aromatic nitrogens is 1. The first-order valence-corrected chi connectivity index (χ1v) is 11.3. The van der Waals surface area contributed by atoms with Crippen LogP contribution in [-0.2, 0) is 24.2 Å². The molecule has 0 aliphatic carbocycles. The van der Waals surface area contributed by atoms with Crippen molar-refractivity contribution in [1.82, 2.24) is 10.1 Å². The molecule has 2 heterocycles. The fourth-order valence-corrected chi connectivity index (χ4v) is 4.18. The number of rotatable bonds is 7. The summed E-state index contributed by atoms with van der Waals surface area (Å²) in [4.78, 5) is 14.0. The van der Waals surface area contributed by atoms with E-state index in [4.69, 9.17) is 9.26 Å². The molecular weight excluding hydrogens is 380 g/mol. The lowest BCUT2D eigenvalue weighted by Crippen LogP contribution is -2.41. The molecule has 1 fully saturated rings. The monoisotopic (exact) mass is 416 g/mol. The summed E-state index contributed by atoms with van der Waals surface area (Å²) in [5, 5.41) is 15.2. The van der Waals surface area contributed by atoms with E-state index in [0.717, 1.165) is 85.8 Å². The van der Waals surface area contributed by atoms with Gasteiger partial charge in [0.1, 0.15) is 5.60 Å². The number of ether oxygens (including phenoxy) is 1. The van der Waals surface area contributed by atoms with Crippen molar-refractivity contribution in [2.45, 2.75) is 84.8 Å². The minimum Gasteiger partial charge on any atom is -0.444 e. The van der Waals surface area contributed by atoms with Crippen LogP contribution in [0.15, 0.2) is 16.7 Å². The molecule has 1 aliphatic rings. The van der Waals surface area contributed by atoms with Crippen LogP contribution in [-0.4, -0.2) is 39.9 Å². The molecule has 0 spiro atoms. The van der Waals surface area contributed by atoms with Gasteiger partial charge in [0.2, 0.25) is 0 Å². The van der Waals surface area contributed by atoms with Crippen molar-refractivity contribution < 1.29 is 19.2 Å². The first kappa shape index (κ1) is 22.6. The molecule has 0 bridgehead atoms. The molecular formula is C24H36N2O4. The topological polar surface area (TPSA) is 75.8 Å². The third-order valence-corrected chi connectivity index (χ3v) is 5.93. The first-order valence-electron chi connectivity index (χ1n) is 11.3. The van der Waals surface area contributed by atoms with Crippen molar-refractivity contribution in [3.8, 4) is 0 Å². The molecule has 0 radical (unpaired) electrons. The Kier molecular flexibility index (Phi) is 7.40. The van der Waals surface area contributed by atoms with E-state index in [1.54, 1.807) is 0 Å². The lowest BCUT2D eigenvalue weighted by atomic mass is 9.91. The quantitative estimate of drug-likeness (QED) is 0.668. The van der Waals surface area contributed by atoms with E-state index in [9.17, 15) is 9.90 Å². The van der Waals surface area contributed by atoms with E-state index in [0.29, 0.717) is 5.92 Å². The normalized spacial score (nSPS) is 15.7. The molecule has 1 aromatic heterocycles. The number of likely N-dealkylation sites (tertiary alicyclic amines) is 1. The number of carbonyl (C=O) groups is 1. The molecule has 6 heteroatoms. The molecule has 0 saturated carbocycles. The van der Waals surface area contributed by atoms with Crippen LogP contribution < -0.4 is 0 Å². The van der Waals surface area contributed by atoms with Crippen molar-refractivity contribution in [3.63, 3.8) is 0 Å². The molecule has 3 rings (SSSR count). The number of fused-ring (bicyclic) bond motifs is 1. The van der Waals surface area contributed by atoms with Crippen LogP contribution in [0.3, 0.4) is 0 Å². The highest BCUT2D eigenvalue weighted by Crippen LogP contribution is 2.29. The lowest BCUT2D eigenvalue weighted by Gasteiger charge is -2.33. The molecule has 0 atom stereocenters. The third-order valence-electron chi connectivity index (χ3n) is 5.93. The van der Waals surface area contributed by atoms with Crippen molar-refractivity contribution >= 4 is 17.1 Å². The molecule has 2 aromatic rings. The molecule has 1 aromatic carbocycles. The number of unbranched alkanes of at least 4 members (excludes halogenated alkanes) is 1. The highest BCUT2D eigenvalue weighted by molar-refractivity contribution is 5.83. The fourth-order valence-electron chi connectivity index (χ4n) is 4.18. The predicted octanol–water partition coefficient (Wildman–Crippen LogP) is 5.24. The number of nitrogens with zero attached hydrogens (tertiary/aromatic N) is 2. The Labute approximate surface area is 179 Å². The average Bonchev–Trinajstić information content (AvgIpc) is 3.12. The standard InChI is InChI=1S/C24H36N2O4/c1-5-6-7-18-9-10-19-21(25-30-22(19)20(18)16-27)11-8-17-12-14-26(15-13-17)23(28)29-24(2,3)4/h9-10,17,27H,5-8,11-16H2,1-4H3. The maximum absolute atomic E-state index is 12.2. The van der Waals surface area contributed by atoms with Gasteiger partial charge in [0.15, 0.2) is 5.58 Å². The van der Waals surface area contributed by atoms with Gasteiger partial charge in [-0.1, -0.05) is 24.6 Å². The molecule has 1 aliphatic heterocycles. The zero-order valence-corrected chi connectivity index (χ0v) is 18.9. The van der Waals surface area contributed by atoms with Gasteiger partial charge in [-0.15, -0.1) is 0 Å². The van der Waals surface area contributed by atoms with Crippen LogP contribution in [0.1, 0.15) is 76.6 Å². The highest BCUT2D eigenvalue weighted by atomic mass is 16.6. The number of aliphatic hydroxyl groups excluding tert-OH is 1. The van der Waals surface area contributed by atoms with Gasteiger partial charge in [0, 0.05) is 24.0 Å². The SMILES string of the molecule is CCCCc1ccc2c(CCC3CCN(C(=O)OC(C)(C)C)CC3)noc2c1CO. The summed E-state index contributed by atoms with van der Waals surface area (Å²) in [7, 11) is 0. The second kappa shape index (κ2) is 9.82. The summed E-state index contributed by atoms with van der Waals surface area (Å²) in [6.07, 6.45) is 6.81. The summed E-state index contributed by atoms with van der Waals surface area (Å²) >= 11 is 0. The maximum atomic E-state index is 12.2. The minimum atomic E-state index is -0.453. The van der Waals surface area contributed by atoms with Crippen LogP contribution in [0.2, 0.25) is 0 Å². The largest absolute Gasteiger partial charge is 0.444 e. The average molecular weight is 417 g/mol. The number of hydrogen-bond acceptors (Lipinski definition) is 5. The Morgan fingerprint density at radius 3 is 2.63 bits per heavy atom. The molecule has 1 saturated heterocycles. The smallest absolute Gasteiger partial charge is 0.410 e. The zero-order valence-electron chi connectivity index (χ0n) is 18.9. The van der Waals surface area contributed by atoms with Gasteiger partial charge in [-0.05, 0) is 76.8 Å². The van der Waals surface area contributed by atoms with Crippen molar-refractivity contribution in [2.75, 3.05) is 13.1 Å². The molecule has 6 nitrogen and oxygen atoms in total. The number of hydrogen-bond donors (Lipinski definition) is 1. The number of aliphatic hydroxyl groups is 1. The Morgan fingerprint density at radius 1 is 1.27 bits per heavy atom. The molecule has 1 N–H and O–H groups in total. The van der Waals surface area contributed by atoms with E-state index in [-0.39, 0.29) is 12.7 Å². The third kappa shape index (κ3) is 5.54. The Morgan fingerprint density at radius 2 is 2.00 bits per heavy atom. The summed E-state index contributed by atoms with van der Waals surface area (Å²) in [5.74, 6) is 0.566. The number of piperidine rings is 1. The van der Waals surface area contributed by atoms with Crippen LogP contribution >= 0.6 is 0 Å². The van der Waals surface area contributed by atoms with Crippen LogP contribution in [0.4, 0.5) is 4.79 Å². The van der Waals surface area contributed by atoms with Crippen LogP contribution in [0, 0.1) is 5.92 Å². The summed E-state index contributed by atoms with van der Waals surface area (Å²) in [5.41, 5.74) is 3.29. The fraction of sp³-hybridized carbons (Fsp3) is 0.667.